The fourth-order valence-electron chi connectivity index (χ4n) is 13.5. The zero-order valence-corrected chi connectivity index (χ0v) is 64.0. The Morgan fingerprint density at radius 3 is 1.27 bits per heavy atom. The van der Waals surface area contributed by atoms with E-state index in [1.807, 2.05) is 29.9 Å². The summed E-state index contributed by atoms with van der Waals surface area (Å²) in [5, 5.41) is 73.9. The lowest BCUT2D eigenvalue weighted by molar-refractivity contribution is -0.385. The van der Waals surface area contributed by atoms with E-state index in [1.165, 1.54) is 53.6 Å². The van der Waals surface area contributed by atoms with Crippen molar-refractivity contribution < 1.29 is 72.7 Å². The van der Waals surface area contributed by atoms with Gasteiger partial charge in [-0.15, -0.1) is 6.58 Å². The number of nitro benzene ring substituents is 3. The largest absolute Gasteiger partial charge is 0.476 e. The van der Waals surface area contributed by atoms with Crippen molar-refractivity contribution in [2.45, 2.75) is 175 Å². The third-order valence-corrected chi connectivity index (χ3v) is 19.4. The summed E-state index contributed by atoms with van der Waals surface area (Å²) in [5.74, 6) is 3.17. The van der Waals surface area contributed by atoms with Crippen LogP contribution in [0.5, 0.6) is 17.6 Å². The second kappa shape index (κ2) is 38.3. The zero-order chi connectivity index (χ0) is 81.4. The Morgan fingerprint density at radius 1 is 0.535 bits per heavy atom. The highest BCUT2D eigenvalue weighted by molar-refractivity contribution is 5.79. The third kappa shape index (κ3) is 19.7. The highest BCUT2D eigenvalue weighted by Crippen LogP contribution is 2.40. The molecular formula is C75H91FN20O18. The van der Waals surface area contributed by atoms with Gasteiger partial charge in [0, 0.05) is 75.0 Å². The Balaban J connectivity index is 0.000000151. The number of fused-ring (bicyclic) bond motifs is 4. The van der Waals surface area contributed by atoms with Gasteiger partial charge < -0.3 is 63.9 Å². The van der Waals surface area contributed by atoms with Crippen LogP contribution >= 0.6 is 0 Å². The summed E-state index contributed by atoms with van der Waals surface area (Å²) in [6.07, 6.45) is 8.90. The normalized spacial score (nSPS) is 21.6. The van der Waals surface area contributed by atoms with Crippen LogP contribution in [0.3, 0.4) is 0 Å². The van der Waals surface area contributed by atoms with E-state index < -0.39 is 57.7 Å². The van der Waals surface area contributed by atoms with Gasteiger partial charge in [0.15, 0.2) is 44.7 Å². The number of aliphatic hydroxyl groups is 4. The molecule has 4 aliphatic rings. The first-order valence-corrected chi connectivity index (χ1v) is 37.4. The van der Waals surface area contributed by atoms with Gasteiger partial charge in [0.2, 0.25) is 23.6 Å². The molecule has 12 atom stereocenters. The average Bonchev–Trinajstić information content (AvgIpc) is 1.65. The molecule has 0 spiro atoms. The predicted molar refractivity (Wildman–Crippen MR) is 410 cm³/mol. The van der Waals surface area contributed by atoms with Crippen molar-refractivity contribution in [3.8, 4) is 17.6 Å². The standard InChI is InChI=1S/C21H24N6O6.C21H25N5O4.C18H18FN5O6.C13H18N4O2.C2H6/c1-2-8-22-21-24-19-18(23-12-26(19)17-10-15(29)16(11-28)33-17)20(25-21)32-9-7-13-3-5-14(6-4-13)27(30)31;1-4-17-13(2)11-18(30-17)25-12-22-19-20(25)23-14(3)24-21(19)29-10-9-15-5-7-16(8-6-15)26(27)28;19-18-21-16-15(20-9-23(16)14-7-12(26)13(8-25)30-14)17(22-18)29-6-5-10-1-3-11(4-2-10)24(27)28;1-4-9-7(2)5-10(19-9)17-6-14-11-12(17)15-8(3)16-13(11)18;1-2/h2-6,12,15-17,28-29H,1,7-11H2,(H,22,24,25);5-8,12-13,17-18H,4,9-11H2,1-3H3;1-4,9,12-14,25-26H,5-8H2;6-7,9-10H,4-5H2,1-3H3,(H,15,16,18);1-2H3/t15-,16-,17-;13-,17-,18-;12-,13-,14-;7-,9-,10-;/m1111./s1. The summed E-state index contributed by atoms with van der Waals surface area (Å²) >= 11 is 0. The summed E-state index contributed by atoms with van der Waals surface area (Å²) in [6.45, 7) is 20.5. The molecule has 12 heterocycles. The first kappa shape index (κ1) is 83.3. The van der Waals surface area contributed by atoms with Crippen LogP contribution in [-0.2, 0) is 38.2 Å². The fraction of sp³-hybridized carbons (Fsp3) is 0.467. The molecule has 3 aromatic carbocycles. The number of nitrogens with zero attached hydrogens (tertiary/aromatic N) is 18. The minimum Gasteiger partial charge on any atom is -0.476 e. The third-order valence-electron chi connectivity index (χ3n) is 19.4. The van der Waals surface area contributed by atoms with Crippen LogP contribution in [0.1, 0.15) is 133 Å². The first-order valence-electron chi connectivity index (χ1n) is 37.4. The molecule has 15 rings (SSSR count). The Bertz CT molecular complexity index is 4990. The number of hydrogen-bond acceptors (Lipinski definition) is 30. The van der Waals surface area contributed by atoms with Crippen LogP contribution in [0.4, 0.5) is 27.4 Å². The van der Waals surface area contributed by atoms with Crippen LogP contribution < -0.4 is 25.1 Å². The number of aromatic amines is 1. The van der Waals surface area contributed by atoms with Crippen molar-refractivity contribution in [1.82, 2.24) is 78.1 Å². The Kier molecular flexibility index (Phi) is 28.0. The Morgan fingerprint density at radius 2 is 0.895 bits per heavy atom. The fourth-order valence-corrected chi connectivity index (χ4v) is 13.5. The number of hydrogen-bond donors (Lipinski definition) is 6. The Labute approximate surface area is 650 Å². The minimum absolute atomic E-state index is 0.00697. The summed E-state index contributed by atoms with van der Waals surface area (Å²) in [7, 11) is 0. The van der Waals surface area contributed by atoms with Gasteiger partial charge in [-0.2, -0.15) is 29.3 Å². The molecule has 114 heavy (non-hydrogen) atoms. The van der Waals surface area contributed by atoms with Gasteiger partial charge in [0.25, 0.3) is 22.6 Å². The lowest BCUT2D eigenvalue weighted by Crippen LogP contribution is -2.24. The average molecular weight is 1580 g/mol. The lowest BCUT2D eigenvalue weighted by atomic mass is 10.0. The van der Waals surface area contributed by atoms with Gasteiger partial charge in [-0.05, 0) is 68.1 Å². The number of nitrogens with one attached hydrogen (secondary N) is 2. The van der Waals surface area contributed by atoms with Gasteiger partial charge >= 0.3 is 6.08 Å². The summed E-state index contributed by atoms with van der Waals surface area (Å²) in [4.78, 5) is 92.3. The zero-order valence-electron chi connectivity index (χ0n) is 64.0. The van der Waals surface area contributed by atoms with Crippen molar-refractivity contribution >= 4 is 67.7 Å². The number of imidazole rings is 4. The van der Waals surface area contributed by atoms with Gasteiger partial charge in [-0.25, -0.2) is 29.9 Å². The molecule has 0 amide bonds. The van der Waals surface area contributed by atoms with Crippen LogP contribution in [0, 0.1) is 62.1 Å². The highest BCUT2D eigenvalue weighted by atomic mass is 19.1. The molecular weight excluding hydrogens is 1490 g/mol. The number of aromatic nitrogens is 16. The molecule has 4 fully saturated rings. The number of nitro groups is 3. The van der Waals surface area contributed by atoms with E-state index in [0.717, 1.165) is 42.4 Å². The molecule has 4 aliphatic heterocycles. The van der Waals surface area contributed by atoms with Crippen molar-refractivity contribution in [3.05, 3.63) is 186 Å². The number of anilines is 1. The van der Waals surface area contributed by atoms with Crippen molar-refractivity contribution in [2.75, 3.05) is 44.9 Å². The highest BCUT2D eigenvalue weighted by Gasteiger charge is 2.39. The monoisotopic (exact) mass is 1580 g/mol. The number of ether oxygens (including phenoxy) is 7. The molecule has 606 valence electrons. The molecule has 11 aromatic rings. The quantitative estimate of drug-likeness (QED) is 0.0127. The van der Waals surface area contributed by atoms with Crippen LogP contribution in [0.15, 0.2) is 116 Å². The van der Waals surface area contributed by atoms with E-state index in [9.17, 15) is 60.0 Å². The van der Waals surface area contributed by atoms with Gasteiger partial charge in [0.05, 0.1) is 97.5 Å². The molecule has 6 N–H and O–H groups in total. The van der Waals surface area contributed by atoms with E-state index >= 15 is 0 Å². The summed E-state index contributed by atoms with van der Waals surface area (Å²) < 4.78 is 61.9. The van der Waals surface area contributed by atoms with E-state index in [0.29, 0.717) is 101 Å². The molecule has 38 nitrogen and oxygen atoms in total. The summed E-state index contributed by atoms with van der Waals surface area (Å²) in [5.41, 5.74) is 6.10. The number of H-pyrrole nitrogens is 1. The lowest BCUT2D eigenvalue weighted by Gasteiger charge is -2.15. The molecule has 0 saturated carbocycles. The smallest absolute Gasteiger partial charge is 0.314 e. The van der Waals surface area contributed by atoms with Crippen molar-refractivity contribution in [3.63, 3.8) is 0 Å². The first-order chi connectivity index (χ1) is 55.0. The topological polar surface area (TPSA) is 481 Å². The number of aliphatic hydroxyl groups excluding tert-OH is 4. The Hall–Kier alpha value is -11.6. The van der Waals surface area contributed by atoms with Crippen molar-refractivity contribution in [2.24, 2.45) is 11.8 Å². The second-order valence-corrected chi connectivity index (χ2v) is 27.1. The van der Waals surface area contributed by atoms with E-state index in [-0.39, 0.29) is 109 Å². The number of benzene rings is 3. The van der Waals surface area contributed by atoms with Crippen molar-refractivity contribution in [1.29, 1.82) is 0 Å². The SMILES string of the molecule is C=CCNc1nc(OCCc2ccc([N+](=O)[O-])cc2)c2ncn([C@H]3C[C@@H](O)[C@@H](CO)O3)c2n1.CC.CC[C@H]1O[C@@H](n2cnc3c(=O)[nH]c(C)nc32)C[C@H]1C.CC[C@H]1O[C@@H](n2cnc3c(OCCc4ccc([N+](=O)[O-])cc4)nc(C)nc32)C[C@H]1C.O=[N+]([O-])c1ccc(CCOc2nc(F)nc3c2ncn3[C@H]2C[C@@H](O)[C@@H](CO)O2)cc1. The predicted octanol–water partition coefficient (Wildman–Crippen LogP) is 9.52. The molecule has 0 aliphatic carbocycles. The number of rotatable bonds is 26. The minimum atomic E-state index is -1.01. The van der Waals surface area contributed by atoms with E-state index in [1.54, 1.807) is 66.6 Å². The van der Waals surface area contributed by atoms with Crippen LogP contribution in [-0.4, -0.2) is 189 Å². The maximum absolute atomic E-state index is 14.0. The second-order valence-electron chi connectivity index (χ2n) is 27.1. The molecule has 4 saturated heterocycles. The van der Waals surface area contributed by atoms with Gasteiger partial charge in [-0.1, -0.05) is 84.0 Å². The molecule has 39 heteroatoms. The van der Waals surface area contributed by atoms with E-state index in [4.69, 9.17) is 33.2 Å². The molecule has 0 unspecified atom stereocenters. The molecule has 0 bridgehead atoms. The van der Waals surface area contributed by atoms with Crippen LogP contribution in [0.2, 0.25) is 0 Å². The van der Waals surface area contributed by atoms with Crippen LogP contribution in [0.25, 0.3) is 44.7 Å². The maximum atomic E-state index is 14.0. The number of aryl methyl sites for hydroxylation is 2. The van der Waals surface area contributed by atoms with Gasteiger partial charge in [0.1, 0.15) is 48.8 Å². The summed E-state index contributed by atoms with van der Waals surface area (Å²) in [6, 6.07) is 18.8. The molecule has 0 radical (unpaired) electrons. The molecule has 8 aromatic heterocycles. The number of halogens is 1. The van der Waals surface area contributed by atoms with E-state index in [2.05, 4.69) is 99.4 Å². The maximum Gasteiger partial charge on any atom is 0.314 e. The number of non-ortho nitro benzene ring substituents is 3. The van der Waals surface area contributed by atoms with Gasteiger partial charge in [-0.3, -0.25) is 53.4 Å².